The predicted molar refractivity (Wildman–Crippen MR) is 259 cm³/mol. The summed E-state index contributed by atoms with van der Waals surface area (Å²) in [6, 6.07) is 5.92. The molecular weight excluding hydrogens is 925 g/mol. The molecule has 17 heteroatoms. The molecule has 0 radical (unpaired) electrons. The van der Waals surface area contributed by atoms with Crippen molar-refractivity contribution in [3.63, 3.8) is 0 Å². The van der Waals surface area contributed by atoms with Gasteiger partial charge in [0, 0.05) is 31.5 Å². The van der Waals surface area contributed by atoms with Crippen molar-refractivity contribution >= 4 is 53.3 Å². The van der Waals surface area contributed by atoms with Gasteiger partial charge in [-0.05, 0) is 134 Å². The van der Waals surface area contributed by atoms with Crippen LogP contribution in [-0.2, 0) is 52.4 Å². The first kappa shape index (κ1) is 53.8. The van der Waals surface area contributed by atoms with Crippen LogP contribution in [0, 0.1) is 35.0 Å². The molecule has 0 bridgehead atoms. The minimum absolute atomic E-state index is 0.0551. The van der Waals surface area contributed by atoms with E-state index in [-0.39, 0.29) is 65.6 Å². The molecule has 0 atom stereocenters. The van der Waals surface area contributed by atoms with Gasteiger partial charge in [0.25, 0.3) is 5.91 Å². The van der Waals surface area contributed by atoms with Crippen molar-refractivity contribution in [1.29, 1.82) is 5.26 Å². The predicted octanol–water partition coefficient (Wildman–Crippen LogP) is 9.11. The van der Waals surface area contributed by atoms with E-state index < -0.39 is 17.8 Å². The lowest BCUT2D eigenvalue weighted by Crippen LogP contribution is -2.32. The van der Waals surface area contributed by atoms with Crippen LogP contribution in [0.15, 0.2) is 57.0 Å². The van der Waals surface area contributed by atoms with E-state index in [1.54, 1.807) is 0 Å². The minimum Gasteiger partial charge on any atom is -0.492 e. The lowest BCUT2D eigenvalue weighted by atomic mass is 9.82. The zero-order chi connectivity index (χ0) is 49.0. The van der Waals surface area contributed by atoms with E-state index in [0.717, 1.165) is 125 Å². The summed E-state index contributed by atoms with van der Waals surface area (Å²) >= 11 is 2.71. The topological polar surface area (TPSA) is 195 Å². The van der Waals surface area contributed by atoms with Crippen LogP contribution in [0.5, 0.6) is 11.5 Å². The Morgan fingerprint density at radius 1 is 0.623 bits per heavy atom. The zero-order valence-corrected chi connectivity index (χ0v) is 41.7. The Balaban J connectivity index is 0.927. The van der Waals surface area contributed by atoms with Gasteiger partial charge in [0.1, 0.15) is 35.3 Å². The SMILES string of the molecule is C=CC(=O)OCCCOC1CCC(OC(=O)C2CCC(COc3ccc(OCC4CCC(C(=O)OC5CCC(OCCCOC(=O)C=C)CC5)CC4)c4c3SC(=C(C#N)C(=O)NCC)S4)CC2)CC1. The van der Waals surface area contributed by atoms with Crippen LogP contribution in [-0.4, -0.2) is 100 Å². The van der Waals surface area contributed by atoms with Gasteiger partial charge in [-0.1, -0.05) is 36.7 Å². The van der Waals surface area contributed by atoms with Gasteiger partial charge in [0.2, 0.25) is 0 Å². The molecule has 69 heavy (non-hydrogen) atoms. The fourth-order valence-electron chi connectivity index (χ4n) is 9.47. The summed E-state index contributed by atoms with van der Waals surface area (Å²) in [7, 11) is 0. The molecule has 0 saturated heterocycles. The summed E-state index contributed by atoms with van der Waals surface area (Å²) < 4.78 is 47.4. The van der Waals surface area contributed by atoms with Crippen LogP contribution in [0.3, 0.4) is 0 Å². The van der Waals surface area contributed by atoms with Crippen molar-refractivity contribution in [1.82, 2.24) is 5.32 Å². The highest BCUT2D eigenvalue weighted by molar-refractivity contribution is 8.24. The third-order valence-electron chi connectivity index (χ3n) is 13.5. The molecule has 6 rings (SSSR count). The molecule has 1 aromatic carbocycles. The Labute approximate surface area is 415 Å². The van der Waals surface area contributed by atoms with Crippen molar-refractivity contribution < 1.29 is 61.9 Å². The Bertz CT molecular complexity index is 1870. The molecule has 1 aromatic rings. The third-order valence-corrected chi connectivity index (χ3v) is 16.2. The van der Waals surface area contributed by atoms with Gasteiger partial charge in [-0.15, -0.1) is 0 Å². The molecule has 0 aromatic heterocycles. The number of amides is 1. The molecule has 4 aliphatic carbocycles. The number of carbonyl (C=O) groups excluding carboxylic acids is 5. The average molecular weight is 995 g/mol. The van der Waals surface area contributed by atoms with E-state index >= 15 is 0 Å². The zero-order valence-electron chi connectivity index (χ0n) is 40.1. The number of esters is 4. The van der Waals surface area contributed by atoms with Gasteiger partial charge in [-0.25, -0.2) is 9.59 Å². The van der Waals surface area contributed by atoms with Crippen molar-refractivity contribution in [3.05, 3.63) is 47.3 Å². The quantitative estimate of drug-likeness (QED) is 0.0338. The van der Waals surface area contributed by atoms with Crippen LogP contribution in [0.4, 0.5) is 0 Å². The normalized spacial score (nSPS) is 25.4. The van der Waals surface area contributed by atoms with E-state index in [1.807, 2.05) is 19.1 Å². The second kappa shape index (κ2) is 28.4. The molecule has 1 heterocycles. The van der Waals surface area contributed by atoms with E-state index in [0.29, 0.717) is 74.8 Å². The Morgan fingerprint density at radius 3 is 1.41 bits per heavy atom. The summed E-state index contributed by atoms with van der Waals surface area (Å²) in [5.74, 6) is 0.0730. The van der Waals surface area contributed by atoms with Crippen molar-refractivity contribution in [2.24, 2.45) is 23.7 Å². The number of carbonyl (C=O) groups is 5. The fraction of sp³-hybridized carbons (Fsp3) is 0.654. The monoisotopic (exact) mass is 994 g/mol. The van der Waals surface area contributed by atoms with E-state index in [1.165, 1.54) is 23.5 Å². The van der Waals surface area contributed by atoms with Crippen molar-refractivity contribution in [3.8, 4) is 17.6 Å². The number of thioether (sulfide) groups is 2. The van der Waals surface area contributed by atoms with Gasteiger partial charge in [-0.3, -0.25) is 14.4 Å². The first-order chi connectivity index (χ1) is 33.6. The third kappa shape index (κ3) is 16.8. The van der Waals surface area contributed by atoms with Gasteiger partial charge in [0.15, 0.2) is 0 Å². The number of hydrogen-bond donors (Lipinski definition) is 1. The van der Waals surface area contributed by atoms with Crippen LogP contribution in [0.25, 0.3) is 0 Å². The van der Waals surface area contributed by atoms with Gasteiger partial charge in [0.05, 0.1) is 77.7 Å². The molecule has 15 nitrogen and oxygen atoms in total. The Morgan fingerprint density at radius 2 is 1.03 bits per heavy atom. The first-order valence-electron chi connectivity index (χ1n) is 25.0. The fourth-order valence-corrected chi connectivity index (χ4v) is 12.1. The van der Waals surface area contributed by atoms with E-state index in [4.69, 9.17) is 37.9 Å². The summed E-state index contributed by atoms with van der Waals surface area (Å²) in [6.45, 7) is 11.6. The van der Waals surface area contributed by atoms with Crippen LogP contribution in [0.1, 0.15) is 122 Å². The standard InChI is InChI=1S/C52H70N2O13S2/c1-4-45(55)62-29-7-27-60-38-17-21-40(22-18-38)66-50(58)36-13-9-34(10-14-36)32-64-43-25-26-44(48-47(43)68-52(69-48)42(31-53)49(57)54-6-3)65-33-35-11-15-37(16-12-35)51(59)67-41-23-19-39(20-24-41)61-28-8-30-63-46(56)5-2/h4-5,25-26,34-41H,1-2,6-24,27-30,32-33H2,3H3,(H,54,57). The molecular formula is C52H70N2O13S2. The maximum atomic E-state index is 13.2. The molecule has 4 fully saturated rings. The molecule has 0 unspecified atom stereocenters. The maximum absolute atomic E-state index is 13.2. The molecule has 1 aliphatic heterocycles. The maximum Gasteiger partial charge on any atom is 0.330 e. The molecule has 0 spiro atoms. The second-order valence-electron chi connectivity index (χ2n) is 18.5. The summed E-state index contributed by atoms with van der Waals surface area (Å²) in [5, 5.41) is 12.8. The van der Waals surface area contributed by atoms with Gasteiger partial charge in [-0.2, -0.15) is 5.26 Å². The van der Waals surface area contributed by atoms with Crippen LogP contribution < -0.4 is 14.8 Å². The molecule has 4 saturated carbocycles. The summed E-state index contributed by atoms with van der Waals surface area (Å²) in [6.07, 6.45) is 16.3. The number of nitrogens with one attached hydrogen (secondary N) is 1. The summed E-state index contributed by atoms with van der Waals surface area (Å²) in [4.78, 5) is 63.3. The Kier molecular flexibility index (Phi) is 22.1. The number of ether oxygens (including phenoxy) is 8. The summed E-state index contributed by atoms with van der Waals surface area (Å²) in [5.41, 5.74) is 0.0551. The second-order valence-corrected chi connectivity index (χ2v) is 20.8. The highest BCUT2D eigenvalue weighted by Gasteiger charge is 2.35. The number of likely N-dealkylation sites (N-methyl/N-ethyl adjacent to an activating group) is 1. The van der Waals surface area contributed by atoms with E-state index in [9.17, 15) is 29.2 Å². The first-order valence-corrected chi connectivity index (χ1v) is 26.6. The number of nitrogens with zero attached hydrogens (tertiary/aromatic N) is 1. The number of nitriles is 1. The largest absolute Gasteiger partial charge is 0.492 e. The minimum atomic E-state index is -0.433. The smallest absolute Gasteiger partial charge is 0.330 e. The lowest BCUT2D eigenvalue weighted by Gasteiger charge is -2.31. The van der Waals surface area contributed by atoms with Crippen molar-refractivity contribution in [2.75, 3.05) is 46.2 Å². The number of benzene rings is 1. The highest BCUT2D eigenvalue weighted by atomic mass is 32.2. The van der Waals surface area contributed by atoms with Crippen LogP contribution in [0.2, 0.25) is 0 Å². The molecule has 5 aliphatic rings. The number of hydrogen-bond acceptors (Lipinski definition) is 16. The Hall–Kier alpha value is -4.50. The van der Waals surface area contributed by atoms with Gasteiger partial charge < -0.3 is 43.2 Å². The van der Waals surface area contributed by atoms with Gasteiger partial charge >= 0.3 is 23.9 Å². The van der Waals surface area contributed by atoms with Crippen molar-refractivity contribution in [2.45, 2.75) is 157 Å². The molecule has 378 valence electrons. The molecule has 1 N–H and O–H groups in total. The number of fused-ring (bicyclic) bond motifs is 1. The molecule has 1 amide bonds. The highest BCUT2D eigenvalue weighted by Crippen LogP contribution is 2.59. The average Bonchev–Trinajstić information content (AvgIpc) is 3.82. The van der Waals surface area contributed by atoms with Crippen LogP contribution >= 0.6 is 23.5 Å². The van der Waals surface area contributed by atoms with E-state index in [2.05, 4.69) is 24.5 Å². The number of rotatable bonds is 24. The lowest BCUT2D eigenvalue weighted by molar-refractivity contribution is -0.159.